The van der Waals surface area contributed by atoms with Crippen molar-refractivity contribution in [2.75, 3.05) is 24.2 Å². The zero-order valence-electron chi connectivity index (χ0n) is 13.6. The monoisotopic (exact) mass is 348 g/mol. The Balaban J connectivity index is 1.64. The number of carbonyl (C=O) groups is 1. The molecule has 2 heterocycles. The average molecular weight is 348 g/mol. The van der Waals surface area contributed by atoms with E-state index in [4.69, 9.17) is 0 Å². The summed E-state index contributed by atoms with van der Waals surface area (Å²) in [6, 6.07) is 7.97. The number of halogens is 1. The molecule has 0 spiro atoms. The van der Waals surface area contributed by atoms with Crippen molar-refractivity contribution in [1.29, 1.82) is 0 Å². The van der Waals surface area contributed by atoms with Crippen LogP contribution in [0.2, 0.25) is 0 Å². The van der Waals surface area contributed by atoms with E-state index in [1.54, 1.807) is 29.1 Å². The molecule has 2 amide bonds. The van der Waals surface area contributed by atoms with Crippen molar-refractivity contribution in [2.24, 2.45) is 0 Å². The summed E-state index contributed by atoms with van der Waals surface area (Å²) in [4.78, 5) is 14.3. The Morgan fingerprint density at radius 1 is 1.33 bits per heavy atom. The highest BCUT2D eigenvalue weighted by Crippen LogP contribution is 2.19. The quantitative estimate of drug-likeness (QED) is 0.924. The van der Waals surface area contributed by atoms with Crippen molar-refractivity contribution >= 4 is 23.6 Å². The summed E-state index contributed by atoms with van der Waals surface area (Å²) in [5, 5.41) is 7.78. The number of urea groups is 1. The molecule has 2 aromatic rings. The maximum absolute atomic E-state index is 13.0. The summed E-state index contributed by atoms with van der Waals surface area (Å²) in [6.07, 6.45) is 2.66. The van der Waals surface area contributed by atoms with Crippen molar-refractivity contribution < 1.29 is 9.18 Å². The van der Waals surface area contributed by atoms with Gasteiger partial charge in [-0.3, -0.25) is 5.32 Å². The molecule has 0 aliphatic carbocycles. The van der Waals surface area contributed by atoms with Crippen LogP contribution < -0.4 is 5.32 Å². The molecule has 1 atom stereocenters. The molecule has 1 saturated heterocycles. The van der Waals surface area contributed by atoms with E-state index in [-0.39, 0.29) is 11.8 Å². The summed E-state index contributed by atoms with van der Waals surface area (Å²) in [5.41, 5.74) is 0.926. The summed E-state index contributed by atoms with van der Waals surface area (Å²) >= 11 is 1.90. The van der Waals surface area contributed by atoms with Crippen molar-refractivity contribution in [2.45, 2.75) is 25.1 Å². The molecule has 1 N–H and O–H groups in total. The molecule has 1 aromatic heterocycles. The van der Waals surface area contributed by atoms with Crippen LogP contribution >= 0.6 is 11.8 Å². The number of rotatable bonds is 3. The molecule has 7 heteroatoms. The van der Waals surface area contributed by atoms with Gasteiger partial charge in [0.15, 0.2) is 0 Å². The lowest BCUT2D eigenvalue weighted by Crippen LogP contribution is -2.37. The fraction of sp³-hybridized carbons (Fsp3) is 0.412. The van der Waals surface area contributed by atoms with Crippen LogP contribution in [0.15, 0.2) is 36.5 Å². The topological polar surface area (TPSA) is 50.2 Å². The minimum Gasteiger partial charge on any atom is -0.324 e. The molecule has 3 rings (SSSR count). The van der Waals surface area contributed by atoms with Crippen LogP contribution in [0.4, 0.5) is 15.0 Å². The Morgan fingerprint density at radius 2 is 2.12 bits per heavy atom. The second kappa shape index (κ2) is 7.70. The molecule has 1 fully saturated rings. The Labute approximate surface area is 145 Å². The molecule has 24 heavy (non-hydrogen) atoms. The van der Waals surface area contributed by atoms with E-state index in [0.29, 0.717) is 17.6 Å². The Bertz CT molecular complexity index is 688. The third-order valence-corrected chi connectivity index (χ3v) is 5.28. The molecular weight excluding hydrogens is 327 g/mol. The van der Waals surface area contributed by atoms with Crippen LogP contribution in [0.1, 0.15) is 18.9 Å². The normalized spacial score (nSPS) is 18.2. The lowest BCUT2D eigenvalue weighted by molar-refractivity contribution is 0.215. The zero-order chi connectivity index (χ0) is 16.9. The lowest BCUT2D eigenvalue weighted by atomic mass is 10.2. The Hall–Kier alpha value is -2.02. The van der Waals surface area contributed by atoms with Gasteiger partial charge in [0.25, 0.3) is 0 Å². The van der Waals surface area contributed by atoms with Crippen LogP contribution in [-0.4, -0.2) is 44.8 Å². The fourth-order valence-corrected chi connectivity index (χ4v) is 3.62. The highest BCUT2D eigenvalue weighted by atomic mass is 32.2. The fourth-order valence-electron chi connectivity index (χ4n) is 2.62. The molecule has 0 radical (unpaired) electrons. The van der Waals surface area contributed by atoms with Gasteiger partial charge in [0.2, 0.25) is 0 Å². The predicted octanol–water partition coefficient (Wildman–Crippen LogP) is 3.43. The van der Waals surface area contributed by atoms with Gasteiger partial charge in [-0.2, -0.15) is 16.9 Å². The lowest BCUT2D eigenvalue weighted by Gasteiger charge is -2.21. The van der Waals surface area contributed by atoms with E-state index < -0.39 is 0 Å². The number of nitrogens with zero attached hydrogens (tertiary/aromatic N) is 3. The van der Waals surface area contributed by atoms with Gasteiger partial charge < -0.3 is 4.90 Å². The van der Waals surface area contributed by atoms with Gasteiger partial charge in [0, 0.05) is 30.2 Å². The third-order valence-electron chi connectivity index (χ3n) is 4.05. The van der Waals surface area contributed by atoms with Gasteiger partial charge in [-0.15, -0.1) is 0 Å². The number of amides is 2. The Morgan fingerprint density at radius 3 is 2.92 bits per heavy atom. The van der Waals surface area contributed by atoms with Crippen molar-refractivity contribution in [3.05, 3.63) is 47.9 Å². The SMILES string of the molecule is C[C@@H]1CCN(C(=O)Nc2ccnn2Cc2ccc(F)cc2)CCS1. The molecule has 1 aromatic carbocycles. The first-order chi connectivity index (χ1) is 11.6. The number of benzene rings is 1. The summed E-state index contributed by atoms with van der Waals surface area (Å²) in [5.74, 6) is 1.35. The van der Waals surface area contributed by atoms with Crippen LogP contribution in [0.5, 0.6) is 0 Å². The zero-order valence-corrected chi connectivity index (χ0v) is 14.4. The predicted molar refractivity (Wildman–Crippen MR) is 94.9 cm³/mol. The number of anilines is 1. The molecule has 1 aliphatic rings. The van der Waals surface area contributed by atoms with Gasteiger partial charge in [0.05, 0.1) is 12.7 Å². The maximum Gasteiger partial charge on any atom is 0.323 e. The first-order valence-corrected chi connectivity index (χ1v) is 9.10. The van der Waals surface area contributed by atoms with Crippen molar-refractivity contribution in [1.82, 2.24) is 14.7 Å². The van der Waals surface area contributed by atoms with Crippen molar-refractivity contribution in [3.8, 4) is 0 Å². The first kappa shape index (κ1) is 16.8. The average Bonchev–Trinajstić information content (AvgIpc) is 2.86. The minimum absolute atomic E-state index is 0.0921. The molecule has 0 unspecified atom stereocenters. The van der Waals surface area contributed by atoms with E-state index in [0.717, 1.165) is 30.8 Å². The molecule has 1 aliphatic heterocycles. The van der Waals surface area contributed by atoms with Gasteiger partial charge in [-0.1, -0.05) is 19.1 Å². The molecular formula is C17H21FN4OS. The molecule has 5 nitrogen and oxygen atoms in total. The number of hydrogen-bond donors (Lipinski definition) is 1. The molecule has 0 bridgehead atoms. The highest BCUT2D eigenvalue weighted by Gasteiger charge is 2.19. The number of carbonyl (C=O) groups excluding carboxylic acids is 1. The largest absolute Gasteiger partial charge is 0.324 e. The number of aromatic nitrogens is 2. The highest BCUT2D eigenvalue weighted by molar-refractivity contribution is 7.99. The second-order valence-corrected chi connectivity index (χ2v) is 7.43. The van der Waals surface area contributed by atoms with E-state index in [1.165, 1.54) is 12.1 Å². The van der Waals surface area contributed by atoms with E-state index >= 15 is 0 Å². The Kier molecular flexibility index (Phi) is 5.40. The van der Waals surface area contributed by atoms with Crippen LogP contribution in [0, 0.1) is 5.82 Å². The second-order valence-electron chi connectivity index (χ2n) is 5.89. The standard InChI is InChI=1S/C17H21FN4OS/c1-13-7-9-21(10-11-24-13)17(23)20-16-6-8-19-22(16)12-14-2-4-15(18)5-3-14/h2-6,8,13H,7,9-12H2,1H3,(H,20,23)/t13-/m1/s1. The number of thioether (sulfide) groups is 1. The number of nitrogens with one attached hydrogen (secondary N) is 1. The van der Waals surface area contributed by atoms with E-state index in [9.17, 15) is 9.18 Å². The van der Waals surface area contributed by atoms with E-state index in [2.05, 4.69) is 17.3 Å². The summed E-state index contributed by atoms with van der Waals surface area (Å²) in [7, 11) is 0. The molecule has 0 saturated carbocycles. The maximum atomic E-state index is 13.0. The van der Waals surface area contributed by atoms with Gasteiger partial charge in [0.1, 0.15) is 11.6 Å². The van der Waals surface area contributed by atoms with Gasteiger partial charge in [-0.05, 0) is 24.1 Å². The summed E-state index contributed by atoms with van der Waals surface area (Å²) in [6.45, 7) is 4.21. The van der Waals surface area contributed by atoms with Crippen molar-refractivity contribution in [3.63, 3.8) is 0 Å². The smallest absolute Gasteiger partial charge is 0.323 e. The van der Waals surface area contributed by atoms with E-state index in [1.807, 2.05) is 16.7 Å². The van der Waals surface area contributed by atoms with Crippen LogP contribution in [-0.2, 0) is 6.54 Å². The molecule has 128 valence electrons. The first-order valence-electron chi connectivity index (χ1n) is 8.05. The van der Waals surface area contributed by atoms with Crippen LogP contribution in [0.3, 0.4) is 0 Å². The summed E-state index contributed by atoms with van der Waals surface area (Å²) < 4.78 is 14.7. The third kappa shape index (κ3) is 4.29. The minimum atomic E-state index is -0.263. The van der Waals surface area contributed by atoms with Gasteiger partial charge in [-0.25, -0.2) is 13.9 Å². The van der Waals surface area contributed by atoms with Gasteiger partial charge >= 0.3 is 6.03 Å². The van der Waals surface area contributed by atoms with Crippen LogP contribution in [0.25, 0.3) is 0 Å². The number of hydrogen-bond acceptors (Lipinski definition) is 3.